The molecular weight excluding hydrogens is 326 g/mol. The third kappa shape index (κ3) is 2.77. The Bertz CT molecular complexity index is 865. The minimum Gasteiger partial charge on any atom is -0.511 e. The van der Waals surface area contributed by atoms with Crippen molar-refractivity contribution < 1.29 is 29.7 Å². The van der Waals surface area contributed by atoms with Crippen LogP contribution in [0.3, 0.4) is 0 Å². The van der Waals surface area contributed by atoms with E-state index in [0.29, 0.717) is 11.3 Å². The smallest absolute Gasteiger partial charge is 0.178 e. The van der Waals surface area contributed by atoms with Crippen molar-refractivity contribution in [3.63, 3.8) is 0 Å². The molecule has 0 aliphatic heterocycles. The highest BCUT2D eigenvalue weighted by molar-refractivity contribution is 6.19. The second kappa shape index (κ2) is 6.08. The number of hydrogen-bond donors (Lipinski definition) is 3. The summed E-state index contributed by atoms with van der Waals surface area (Å²) in [5.74, 6) is -3.08. The maximum Gasteiger partial charge on any atom is 0.178 e. The number of carbonyl (C=O) groups excluding carboxylic acids is 2. The van der Waals surface area contributed by atoms with Crippen LogP contribution in [0, 0.1) is 11.8 Å². The maximum absolute atomic E-state index is 12.8. The number of phenols is 1. The van der Waals surface area contributed by atoms with Gasteiger partial charge in [0.1, 0.15) is 23.9 Å². The predicted octanol–water partition coefficient (Wildman–Crippen LogP) is 2.63. The van der Waals surface area contributed by atoms with E-state index >= 15 is 0 Å². The van der Waals surface area contributed by atoms with Crippen LogP contribution < -0.4 is 4.74 Å². The van der Waals surface area contributed by atoms with Crippen molar-refractivity contribution in [2.45, 2.75) is 13.8 Å². The fourth-order valence-corrected chi connectivity index (χ4v) is 3.15. The van der Waals surface area contributed by atoms with Gasteiger partial charge in [0.15, 0.2) is 11.6 Å². The van der Waals surface area contributed by atoms with E-state index in [1.807, 2.05) is 0 Å². The Balaban J connectivity index is 2.05. The molecule has 0 bridgehead atoms. The highest BCUT2D eigenvalue weighted by atomic mass is 16.5. The largest absolute Gasteiger partial charge is 0.511 e. The number of nitrogens with zero attached hydrogens (tertiary/aromatic N) is 1. The van der Waals surface area contributed by atoms with E-state index < -0.39 is 17.6 Å². The molecule has 0 spiro atoms. The molecule has 0 aromatic heterocycles. The first-order valence-electron chi connectivity index (χ1n) is 7.68. The first-order valence-corrected chi connectivity index (χ1v) is 7.68. The van der Waals surface area contributed by atoms with Crippen molar-refractivity contribution in [2.75, 3.05) is 6.61 Å². The van der Waals surface area contributed by atoms with Crippen molar-refractivity contribution in [3.8, 4) is 11.5 Å². The summed E-state index contributed by atoms with van der Waals surface area (Å²) in [5, 5.41) is 32.0. The van der Waals surface area contributed by atoms with Crippen molar-refractivity contribution in [2.24, 2.45) is 17.0 Å². The summed E-state index contributed by atoms with van der Waals surface area (Å²) in [5.41, 5.74) is 0.938. The van der Waals surface area contributed by atoms with Gasteiger partial charge in [0.2, 0.25) is 0 Å². The molecule has 25 heavy (non-hydrogen) atoms. The number of ketones is 2. The first kappa shape index (κ1) is 16.8. The fourth-order valence-electron chi connectivity index (χ4n) is 3.15. The summed E-state index contributed by atoms with van der Waals surface area (Å²) in [6.07, 6.45) is 3.09. The molecule has 3 N–H and O–H groups in total. The number of Topliss-reactive ketones (excluding diaryl/α,β-unsaturated/α-hetero) is 2. The van der Waals surface area contributed by atoms with Crippen molar-refractivity contribution in [3.05, 3.63) is 46.7 Å². The normalized spacial score (nSPS) is 22.7. The zero-order chi connectivity index (χ0) is 18.3. The Labute approximate surface area is 143 Å². The molecule has 0 radical (unpaired) electrons. The number of phenolic OH excluding ortho intramolecular Hbond substituents is 1. The molecule has 0 amide bonds. The molecule has 3 rings (SSSR count). The van der Waals surface area contributed by atoms with Crippen LogP contribution in [0.2, 0.25) is 0 Å². The molecule has 0 saturated heterocycles. The molecule has 130 valence electrons. The summed E-state index contributed by atoms with van der Waals surface area (Å²) in [7, 11) is 0. The Hall–Kier alpha value is -3.09. The molecule has 0 fully saturated rings. The number of aromatic hydroxyl groups is 1. The van der Waals surface area contributed by atoms with E-state index in [4.69, 9.17) is 9.94 Å². The second-order valence-corrected chi connectivity index (χ2v) is 6.20. The molecular formula is C18H17NO6. The molecule has 7 heteroatoms. The summed E-state index contributed by atoms with van der Waals surface area (Å²) in [6, 6.07) is 2.61. The summed E-state index contributed by atoms with van der Waals surface area (Å²) in [6.45, 7) is 3.24. The van der Waals surface area contributed by atoms with Crippen LogP contribution in [0.25, 0.3) is 0 Å². The molecule has 2 unspecified atom stereocenters. The molecule has 1 aromatic rings. The zero-order valence-electron chi connectivity index (χ0n) is 13.7. The molecule has 1 aromatic carbocycles. The molecule has 7 nitrogen and oxygen atoms in total. The number of aliphatic hydroxyl groups is 1. The van der Waals surface area contributed by atoms with Gasteiger partial charge < -0.3 is 20.2 Å². The number of carbonyl (C=O) groups is 2. The summed E-state index contributed by atoms with van der Waals surface area (Å²) in [4.78, 5) is 25.5. The summed E-state index contributed by atoms with van der Waals surface area (Å²) >= 11 is 0. The van der Waals surface area contributed by atoms with Crippen LogP contribution in [-0.4, -0.2) is 39.3 Å². The average Bonchev–Trinajstić information content (AvgIpc) is 2.56. The number of rotatable bonds is 3. The van der Waals surface area contributed by atoms with E-state index in [1.165, 1.54) is 18.2 Å². The van der Waals surface area contributed by atoms with Gasteiger partial charge in [-0.1, -0.05) is 16.8 Å². The third-order valence-electron chi connectivity index (χ3n) is 4.30. The highest BCUT2D eigenvalue weighted by Crippen LogP contribution is 2.42. The van der Waals surface area contributed by atoms with Crippen molar-refractivity contribution in [1.29, 1.82) is 0 Å². The molecule has 2 atom stereocenters. The summed E-state index contributed by atoms with van der Waals surface area (Å²) < 4.78 is 5.38. The fraction of sp³-hybridized carbons (Fsp3) is 0.278. The van der Waals surface area contributed by atoms with Crippen LogP contribution in [0.4, 0.5) is 0 Å². The number of fused-ring (bicyclic) bond motifs is 2. The minimum absolute atomic E-state index is 0.0363. The van der Waals surface area contributed by atoms with Crippen molar-refractivity contribution >= 4 is 17.3 Å². The van der Waals surface area contributed by atoms with Crippen LogP contribution in [0.15, 0.2) is 40.8 Å². The van der Waals surface area contributed by atoms with Crippen LogP contribution in [-0.2, 0) is 0 Å². The Morgan fingerprint density at radius 3 is 2.64 bits per heavy atom. The highest BCUT2D eigenvalue weighted by Gasteiger charge is 2.45. The van der Waals surface area contributed by atoms with Gasteiger partial charge in [-0.15, -0.1) is 0 Å². The number of aliphatic hydroxyl groups excluding tert-OH is 1. The average molecular weight is 343 g/mol. The van der Waals surface area contributed by atoms with Gasteiger partial charge in [-0.25, -0.2) is 0 Å². The van der Waals surface area contributed by atoms with Gasteiger partial charge in [0.05, 0.1) is 23.1 Å². The van der Waals surface area contributed by atoms with Gasteiger partial charge in [-0.3, -0.25) is 9.59 Å². The lowest BCUT2D eigenvalue weighted by Gasteiger charge is -2.31. The Morgan fingerprint density at radius 1 is 1.24 bits per heavy atom. The predicted molar refractivity (Wildman–Crippen MR) is 88.6 cm³/mol. The topological polar surface area (TPSA) is 116 Å². The van der Waals surface area contributed by atoms with Gasteiger partial charge in [-0.2, -0.15) is 0 Å². The minimum atomic E-state index is -1.01. The van der Waals surface area contributed by atoms with Gasteiger partial charge in [0.25, 0.3) is 0 Å². The number of benzene rings is 1. The van der Waals surface area contributed by atoms with Crippen LogP contribution >= 0.6 is 0 Å². The van der Waals surface area contributed by atoms with Crippen LogP contribution in [0.1, 0.15) is 34.6 Å². The van der Waals surface area contributed by atoms with E-state index in [1.54, 1.807) is 19.9 Å². The zero-order valence-corrected chi connectivity index (χ0v) is 13.7. The SMILES string of the molecule is CC1=CC2C(=O)c3cc(OC/C(C)=N/O)cc(O)c3C(=O)C2C(O)=C1. The monoisotopic (exact) mass is 343 g/mol. The van der Waals surface area contributed by atoms with Gasteiger partial charge in [0, 0.05) is 11.6 Å². The first-order chi connectivity index (χ1) is 11.8. The molecule has 0 saturated carbocycles. The van der Waals surface area contributed by atoms with Crippen molar-refractivity contribution in [1.82, 2.24) is 0 Å². The van der Waals surface area contributed by atoms with E-state index in [9.17, 15) is 19.8 Å². The quantitative estimate of drug-likeness (QED) is 0.441. The number of allylic oxidation sites excluding steroid dienone is 4. The number of ether oxygens (including phenoxy) is 1. The van der Waals surface area contributed by atoms with E-state index in [0.717, 1.165) is 0 Å². The van der Waals surface area contributed by atoms with E-state index in [2.05, 4.69) is 5.16 Å². The van der Waals surface area contributed by atoms with E-state index in [-0.39, 0.29) is 40.8 Å². The van der Waals surface area contributed by atoms with Crippen LogP contribution in [0.5, 0.6) is 11.5 Å². The molecule has 0 heterocycles. The lowest BCUT2D eigenvalue weighted by molar-refractivity contribution is 0.0754. The Morgan fingerprint density at radius 2 is 1.96 bits per heavy atom. The maximum atomic E-state index is 12.8. The van der Waals surface area contributed by atoms with Gasteiger partial charge >= 0.3 is 0 Å². The second-order valence-electron chi connectivity index (χ2n) is 6.20. The number of oxime groups is 1. The van der Waals surface area contributed by atoms with Gasteiger partial charge in [-0.05, 0) is 26.0 Å². The lowest BCUT2D eigenvalue weighted by Crippen LogP contribution is -2.38. The Kier molecular flexibility index (Phi) is 4.08. The third-order valence-corrected chi connectivity index (χ3v) is 4.30. The molecule has 2 aliphatic carbocycles. The number of hydrogen-bond acceptors (Lipinski definition) is 7. The lowest BCUT2D eigenvalue weighted by atomic mass is 9.70. The standard InChI is InChI=1S/C18H17NO6/c1-8-3-11-15(13(20)4-8)18(23)16-12(17(11)22)5-10(6-14(16)21)25-7-9(2)19-24/h3-6,11,15,20-21,24H,7H2,1-2H3/b19-9+. The molecule has 2 aliphatic rings.